The van der Waals surface area contributed by atoms with Crippen LogP contribution in [0, 0.1) is 0 Å². The Morgan fingerprint density at radius 3 is 0.800 bits per heavy atom. The van der Waals surface area contributed by atoms with E-state index >= 15 is 0 Å². The van der Waals surface area contributed by atoms with E-state index in [1.807, 2.05) is 0 Å². The van der Waals surface area contributed by atoms with Crippen LogP contribution in [0.2, 0.25) is 0 Å². The normalized spacial score (nSPS) is 45.6. The lowest BCUT2D eigenvalue weighted by Crippen LogP contribution is -2.52. The number of aliphatic hydroxyl groups is 1. The molecule has 1 rings (SSSR count). The van der Waals surface area contributed by atoms with E-state index in [0.717, 1.165) is 0 Å². The third-order valence-electron chi connectivity index (χ3n) is 1.83. The molecule has 0 aromatic heterocycles. The summed E-state index contributed by atoms with van der Waals surface area (Å²) >= 11 is 35.3. The fourth-order valence-electron chi connectivity index (χ4n) is 1.05. The van der Waals surface area contributed by atoms with Crippen molar-refractivity contribution in [2.24, 2.45) is 0 Å². The zero-order chi connectivity index (χ0) is 12.2. The fraction of sp³-hybridized carbons (Fsp3) is 1.00. The molecular weight excluding hydrogens is 325 g/mol. The summed E-state index contributed by atoms with van der Waals surface area (Å²) in [5.74, 6) is 0. The van der Waals surface area contributed by atoms with Gasteiger partial charge in [0.05, 0.1) is 32.3 Å². The van der Waals surface area contributed by atoms with Crippen molar-refractivity contribution in [3.63, 3.8) is 0 Å². The summed E-state index contributed by atoms with van der Waals surface area (Å²) in [6.45, 7) is 1.93. The van der Waals surface area contributed by atoms with E-state index in [0.29, 0.717) is 0 Å². The number of hydrogen-bond acceptors (Lipinski definition) is 1. The van der Waals surface area contributed by atoms with Crippen molar-refractivity contribution >= 4 is 69.6 Å². The Bertz CT molecular complexity index is 122. The highest BCUT2D eigenvalue weighted by molar-refractivity contribution is 6.45. The van der Waals surface area contributed by atoms with Gasteiger partial charge in [-0.1, -0.05) is 0 Å². The second-order valence-electron chi connectivity index (χ2n) is 2.98. The van der Waals surface area contributed by atoms with Crippen LogP contribution < -0.4 is 0 Å². The molecule has 0 atom stereocenters. The van der Waals surface area contributed by atoms with Crippen molar-refractivity contribution in [3.05, 3.63) is 0 Å². The quantitative estimate of drug-likeness (QED) is 0.670. The zero-order valence-corrected chi connectivity index (χ0v) is 12.4. The summed E-state index contributed by atoms with van der Waals surface area (Å²) in [6, 6.07) is 0. The van der Waals surface area contributed by atoms with Crippen LogP contribution in [0.4, 0.5) is 0 Å². The van der Waals surface area contributed by atoms with Gasteiger partial charge in [-0.05, 0) is 6.92 Å². The monoisotopic (exact) mass is 334 g/mol. The van der Waals surface area contributed by atoms with Gasteiger partial charge in [0.15, 0.2) is 0 Å². The molecular formula is C8H12Cl6O. The number of aliphatic hydroxyl groups excluding tert-OH is 1. The molecule has 1 nitrogen and oxygen atoms in total. The largest absolute Gasteiger partial charge is 0.397 e. The minimum absolute atomic E-state index is 0.250. The Kier molecular flexibility index (Phi) is 8.81. The molecule has 92 valence electrons. The van der Waals surface area contributed by atoms with Crippen molar-refractivity contribution in [1.82, 2.24) is 0 Å². The van der Waals surface area contributed by atoms with Crippen molar-refractivity contribution < 1.29 is 5.11 Å². The molecule has 0 bridgehead atoms. The summed E-state index contributed by atoms with van der Waals surface area (Å²) < 4.78 is 0. The summed E-state index contributed by atoms with van der Waals surface area (Å²) in [5, 5.41) is 4.95. The fourth-order valence-corrected chi connectivity index (χ4v) is 3.38. The predicted octanol–water partition coefficient (Wildman–Crippen LogP) is 3.64. The van der Waals surface area contributed by atoms with E-state index < -0.39 is 32.3 Å². The van der Waals surface area contributed by atoms with E-state index in [1.165, 1.54) is 0 Å². The average molecular weight is 337 g/mol. The van der Waals surface area contributed by atoms with E-state index in [4.69, 9.17) is 74.7 Å². The zero-order valence-electron chi connectivity index (χ0n) is 7.89. The first-order chi connectivity index (χ1) is 6.88. The molecule has 7 heteroatoms. The second-order valence-corrected chi connectivity index (χ2v) is 6.01. The van der Waals surface area contributed by atoms with Crippen molar-refractivity contribution in [3.8, 4) is 0 Å². The van der Waals surface area contributed by atoms with Crippen molar-refractivity contribution in [2.75, 3.05) is 6.61 Å². The second kappa shape index (κ2) is 7.92. The first-order valence-corrected chi connectivity index (χ1v) is 6.95. The summed E-state index contributed by atoms with van der Waals surface area (Å²) in [6.07, 6.45) is 0. The highest BCUT2D eigenvalue weighted by atomic mass is 35.5. The summed E-state index contributed by atoms with van der Waals surface area (Å²) in [5.41, 5.74) is 0. The number of hydrogen-bond donors (Lipinski definition) is 1. The van der Waals surface area contributed by atoms with Gasteiger partial charge in [0.2, 0.25) is 0 Å². The van der Waals surface area contributed by atoms with Gasteiger partial charge in [0.1, 0.15) is 0 Å². The van der Waals surface area contributed by atoms with Gasteiger partial charge in [0.25, 0.3) is 0 Å². The van der Waals surface area contributed by atoms with Crippen molar-refractivity contribution in [1.29, 1.82) is 0 Å². The van der Waals surface area contributed by atoms with E-state index in [-0.39, 0.29) is 6.61 Å². The Morgan fingerprint density at radius 1 is 0.667 bits per heavy atom. The van der Waals surface area contributed by atoms with Crippen LogP contribution in [0.3, 0.4) is 0 Å². The molecule has 1 N–H and O–H groups in total. The lowest BCUT2D eigenvalue weighted by Gasteiger charge is -2.37. The van der Waals surface area contributed by atoms with Crippen molar-refractivity contribution in [2.45, 2.75) is 39.2 Å². The van der Waals surface area contributed by atoms with Gasteiger partial charge in [0, 0.05) is 6.61 Å². The molecule has 0 aromatic rings. The molecule has 0 unspecified atom stereocenters. The minimum Gasteiger partial charge on any atom is -0.397 e. The molecule has 0 aromatic carbocycles. The van der Waals surface area contributed by atoms with E-state index in [2.05, 4.69) is 0 Å². The average Bonchev–Trinajstić information content (AvgIpc) is 2.22. The molecule has 0 amide bonds. The van der Waals surface area contributed by atoms with Gasteiger partial charge in [-0.15, -0.1) is 69.6 Å². The Hall–Kier alpha value is 1.70. The molecule has 0 spiro atoms. The molecule has 0 heterocycles. The van der Waals surface area contributed by atoms with Crippen LogP contribution in [0.15, 0.2) is 0 Å². The maximum absolute atomic E-state index is 7.57. The number of rotatable bonds is 0. The van der Waals surface area contributed by atoms with Gasteiger partial charge in [-0.3, -0.25) is 0 Å². The molecule has 1 aliphatic rings. The van der Waals surface area contributed by atoms with Crippen LogP contribution in [0.1, 0.15) is 6.92 Å². The first-order valence-electron chi connectivity index (χ1n) is 4.33. The van der Waals surface area contributed by atoms with E-state index in [9.17, 15) is 0 Å². The predicted molar refractivity (Wildman–Crippen MR) is 70.6 cm³/mol. The third-order valence-corrected chi connectivity index (χ3v) is 5.86. The van der Waals surface area contributed by atoms with Gasteiger partial charge < -0.3 is 5.11 Å². The van der Waals surface area contributed by atoms with Crippen LogP contribution in [-0.4, -0.2) is 44.0 Å². The molecule has 0 saturated heterocycles. The highest BCUT2D eigenvalue weighted by Gasteiger charge is 2.46. The van der Waals surface area contributed by atoms with Gasteiger partial charge in [-0.2, -0.15) is 0 Å². The smallest absolute Gasteiger partial charge is 0.0693 e. The van der Waals surface area contributed by atoms with Gasteiger partial charge >= 0.3 is 0 Å². The number of alkyl halides is 6. The summed E-state index contributed by atoms with van der Waals surface area (Å²) in [7, 11) is 0. The first kappa shape index (κ1) is 16.7. The molecule has 1 aliphatic carbocycles. The molecule has 15 heavy (non-hydrogen) atoms. The summed E-state index contributed by atoms with van der Waals surface area (Å²) in [4.78, 5) is 0. The van der Waals surface area contributed by atoms with Crippen LogP contribution >= 0.6 is 69.6 Å². The Labute approximate surface area is 120 Å². The maximum atomic E-state index is 7.57. The van der Waals surface area contributed by atoms with Gasteiger partial charge in [-0.25, -0.2) is 0 Å². The third kappa shape index (κ3) is 4.46. The standard InChI is InChI=1S/C6H6Cl6.C2H6O/c7-1-2(8)4(10)6(12)5(11)3(1)9;1-2-3/h1-6H;3H,2H2,1H3/t1-,2-,3-,4+,5+,6+;. The highest BCUT2D eigenvalue weighted by Crippen LogP contribution is 2.39. The number of halogens is 6. The Balaban J connectivity index is 0.000000583. The lowest BCUT2D eigenvalue weighted by molar-refractivity contribution is 0.318. The molecule has 0 radical (unpaired) electrons. The topological polar surface area (TPSA) is 20.2 Å². The van der Waals surface area contributed by atoms with Crippen LogP contribution in [-0.2, 0) is 0 Å². The Morgan fingerprint density at radius 2 is 0.733 bits per heavy atom. The van der Waals surface area contributed by atoms with E-state index in [1.54, 1.807) is 6.92 Å². The minimum atomic E-state index is -0.437. The molecule has 1 fully saturated rings. The molecule has 1 saturated carbocycles. The lowest BCUT2D eigenvalue weighted by atomic mass is 9.97. The SMILES string of the molecule is CCO.Cl[C@H]1[C@H](Cl)[C@@H](Cl)[C@@H](Cl)[C@H](Cl)[C@H]1Cl. The van der Waals surface area contributed by atoms with Crippen LogP contribution in [0.25, 0.3) is 0 Å². The van der Waals surface area contributed by atoms with Crippen LogP contribution in [0.5, 0.6) is 0 Å². The maximum Gasteiger partial charge on any atom is 0.0693 e. The molecule has 0 aliphatic heterocycles.